The summed E-state index contributed by atoms with van der Waals surface area (Å²) in [5.41, 5.74) is -0.927. The normalized spacial score (nSPS) is 49.3. The number of hydrogen-bond acceptors (Lipinski definition) is 4. The van der Waals surface area contributed by atoms with Crippen molar-refractivity contribution in [1.29, 1.82) is 0 Å². The average molecular weight is 316 g/mol. The van der Waals surface area contributed by atoms with Crippen LogP contribution < -0.4 is 0 Å². The summed E-state index contributed by atoms with van der Waals surface area (Å²) in [5.74, 6) is 0.736. The van der Waals surface area contributed by atoms with E-state index in [1.807, 2.05) is 0 Å². The number of ketones is 3. The van der Waals surface area contributed by atoms with Crippen molar-refractivity contribution in [1.82, 2.24) is 0 Å². The quantitative estimate of drug-likeness (QED) is 0.697. The molecule has 0 bridgehead atoms. The Morgan fingerprint density at radius 1 is 1.00 bits per heavy atom. The second-order valence-electron chi connectivity index (χ2n) is 8.49. The summed E-state index contributed by atoms with van der Waals surface area (Å²) < 4.78 is 0. The van der Waals surface area contributed by atoms with Crippen molar-refractivity contribution >= 4 is 23.6 Å². The molecule has 0 aromatic heterocycles. The average Bonchev–Trinajstić information content (AvgIpc) is 2.84. The molecule has 4 heteroatoms. The van der Waals surface area contributed by atoms with Gasteiger partial charge in [0.2, 0.25) is 0 Å². The molecule has 0 radical (unpaired) electrons. The molecule has 4 nitrogen and oxygen atoms in total. The van der Waals surface area contributed by atoms with E-state index >= 15 is 0 Å². The van der Waals surface area contributed by atoms with Crippen LogP contribution in [0.25, 0.3) is 0 Å². The van der Waals surface area contributed by atoms with Gasteiger partial charge >= 0.3 is 0 Å². The molecule has 0 amide bonds. The highest BCUT2D eigenvalue weighted by Gasteiger charge is 2.63. The van der Waals surface area contributed by atoms with E-state index in [0.29, 0.717) is 31.5 Å². The predicted molar refractivity (Wildman–Crippen MR) is 82.5 cm³/mol. The summed E-state index contributed by atoms with van der Waals surface area (Å²) in [5, 5.41) is 0. The Labute approximate surface area is 136 Å². The summed E-state index contributed by atoms with van der Waals surface area (Å²) in [6, 6.07) is 0. The molecule has 124 valence electrons. The van der Waals surface area contributed by atoms with Gasteiger partial charge < -0.3 is 4.79 Å². The fourth-order valence-corrected chi connectivity index (χ4v) is 6.52. The minimum absolute atomic E-state index is 0.0926. The van der Waals surface area contributed by atoms with Crippen molar-refractivity contribution in [3.05, 3.63) is 0 Å². The van der Waals surface area contributed by atoms with Gasteiger partial charge in [0.15, 0.2) is 0 Å². The molecule has 0 saturated heterocycles. The Balaban J connectivity index is 1.75. The van der Waals surface area contributed by atoms with Crippen molar-refractivity contribution in [3.63, 3.8) is 0 Å². The summed E-state index contributed by atoms with van der Waals surface area (Å²) >= 11 is 0. The van der Waals surface area contributed by atoms with Crippen molar-refractivity contribution in [2.45, 2.75) is 58.3 Å². The maximum absolute atomic E-state index is 12.8. The molecule has 0 unspecified atom stereocenters. The number of carbonyl (C=O) groups excluding carboxylic acids is 4. The van der Waals surface area contributed by atoms with E-state index in [1.54, 1.807) is 0 Å². The maximum atomic E-state index is 12.8. The SMILES string of the molecule is C[C@]12CC[C@H]3[C@@H](CC(=O)[C@H]4CC(=O)CC[C@@]43C=O)[C@@H]1CCC2=O. The minimum atomic E-state index is -0.638. The number of Topliss-reactive ketones (excluding diaryl/α,β-unsaturated/α-hetero) is 3. The van der Waals surface area contributed by atoms with Crippen molar-refractivity contribution in [3.8, 4) is 0 Å². The van der Waals surface area contributed by atoms with Gasteiger partial charge in [-0.25, -0.2) is 0 Å². The largest absolute Gasteiger partial charge is 0.303 e. The molecule has 4 aliphatic carbocycles. The minimum Gasteiger partial charge on any atom is -0.303 e. The van der Waals surface area contributed by atoms with Gasteiger partial charge in [0.1, 0.15) is 23.6 Å². The van der Waals surface area contributed by atoms with E-state index in [2.05, 4.69) is 6.92 Å². The molecule has 0 spiro atoms. The van der Waals surface area contributed by atoms with Crippen LogP contribution in [0.4, 0.5) is 0 Å². The van der Waals surface area contributed by atoms with Crippen LogP contribution in [-0.2, 0) is 19.2 Å². The molecule has 4 saturated carbocycles. The van der Waals surface area contributed by atoms with Gasteiger partial charge in [-0.2, -0.15) is 0 Å². The Morgan fingerprint density at radius 2 is 1.78 bits per heavy atom. The highest BCUT2D eigenvalue weighted by molar-refractivity contribution is 5.94. The Bertz CT molecular complexity index is 608. The predicted octanol–water partition coefficient (Wildman–Crippen LogP) is 2.53. The molecule has 4 fully saturated rings. The van der Waals surface area contributed by atoms with Crippen LogP contribution in [-0.4, -0.2) is 23.6 Å². The summed E-state index contributed by atoms with van der Waals surface area (Å²) in [6.07, 6.45) is 5.85. The second-order valence-corrected chi connectivity index (χ2v) is 8.49. The molecule has 0 aromatic carbocycles. The van der Waals surface area contributed by atoms with Gasteiger partial charge in [0.25, 0.3) is 0 Å². The van der Waals surface area contributed by atoms with E-state index in [1.165, 1.54) is 0 Å². The molecule has 4 aliphatic rings. The number of hydrogen-bond donors (Lipinski definition) is 0. The van der Waals surface area contributed by atoms with E-state index in [-0.39, 0.29) is 41.2 Å². The standard InChI is InChI=1S/C19H24O4/c1-18-6-5-14-12(13(18)2-3-17(18)23)9-16(22)15-8-11(21)4-7-19(14,15)10-20/h10,12-15H,2-9H2,1H3/t12-,13-,14-,15+,18-,19-/m0/s1. The van der Waals surface area contributed by atoms with Crippen LogP contribution in [0.2, 0.25) is 0 Å². The zero-order chi connectivity index (χ0) is 16.4. The number of rotatable bonds is 1. The highest BCUT2D eigenvalue weighted by Crippen LogP contribution is 2.63. The smallest absolute Gasteiger partial charge is 0.139 e. The van der Waals surface area contributed by atoms with E-state index in [9.17, 15) is 19.2 Å². The Hall–Kier alpha value is -1.32. The number of aldehydes is 1. The van der Waals surface area contributed by atoms with Gasteiger partial charge in [-0.05, 0) is 43.4 Å². The zero-order valence-corrected chi connectivity index (χ0v) is 13.7. The number of fused-ring (bicyclic) bond motifs is 5. The molecule has 0 aliphatic heterocycles. The molecular weight excluding hydrogens is 292 g/mol. The third-order valence-electron chi connectivity index (χ3n) is 7.80. The first-order valence-electron chi connectivity index (χ1n) is 8.96. The molecule has 0 aromatic rings. The van der Waals surface area contributed by atoms with Gasteiger partial charge in [-0.3, -0.25) is 14.4 Å². The second kappa shape index (κ2) is 4.84. The van der Waals surface area contributed by atoms with Crippen LogP contribution in [0.15, 0.2) is 0 Å². The first kappa shape index (κ1) is 15.2. The van der Waals surface area contributed by atoms with Crippen LogP contribution >= 0.6 is 0 Å². The van der Waals surface area contributed by atoms with Crippen LogP contribution in [0, 0.1) is 34.5 Å². The number of carbonyl (C=O) groups is 4. The lowest BCUT2D eigenvalue weighted by Gasteiger charge is -2.57. The molecular formula is C19H24O4. The Morgan fingerprint density at radius 3 is 2.52 bits per heavy atom. The van der Waals surface area contributed by atoms with Crippen LogP contribution in [0.1, 0.15) is 58.3 Å². The lowest BCUT2D eigenvalue weighted by Crippen LogP contribution is -2.58. The lowest BCUT2D eigenvalue weighted by molar-refractivity contribution is -0.164. The topological polar surface area (TPSA) is 68.3 Å². The maximum Gasteiger partial charge on any atom is 0.139 e. The van der Waals surface area contributed by atoms with Crippen molar-refractivity contribution < 1.29 is 19.2 Å². The third-order valence-corrected chi connectivity index (χ3v) is 7.80. The molecule has 4 rings (SSSR count). The van der Waals surface area contributed by atoms with Gasteiger partial charge in [0, 0.05) is 42.4 Å². The molecule has 6 atom stereocenters. The first-order chi connectivity index (χ1) is 10.9. The van der Waals surface area contributed by atoms with Gasteiger partial charge in [0.05, 0.1) is 0 Å². The monoisotopic (exact) mass is 316 g/mol. The molecule has 0 N–H and O–H groups in total. The lowest BCUT2D eigenvalue weighted by atomic mass is 9.45. The zero-order valence-electron chi connectivity index (χ0n) is 13.7. The summed E-state index contributed by atoms with van der Waals surface area (Å²) in [7, 11) is 0. The first-order valence-corrected chi connectivity index (χ1v) is 8.96. The molecule has 0 heterocycles. The van der Waals surface area contributed by atoms with Crippen LogP contribution in [0.3, 0.4) is 0 Å². The van der Waals surface area contributed by atoms with Gasteiger partial charge in [-0.15, -0.1) is 0 Å². The van der Waals surface area contributed by atoms with E-state index in [0.717, 1.165) is 25.5 Å². The Kier molecular flexibility index (Phi) is 3.20. The van der Waals surface area contributed by atoms with Gasteiger partial charge in [-0.1, -0.05) is 6.92 Å². The van der Waals surface area contributed by atoms with Crippen molar-refractivity contribution in [2.75, 3.05) is 0 Å². The highest BCUT2D eigenvalue weighted by atomic mass is 16.1. The summed E-state index contributed by atoms with van der Waals surface area (Å²) in [6.45, 7) is 2.07. The van der Waals surface area contributed by atoms with E-state index < -0.39 is 11.3 Å². The van der Waals surface area contributed by atoms with E-state index in [4.69, 9.17) is 0 Å². The molecule has 23 heavy (non-hydrogen) atoms. The fourth-order valence-electron chi connectivity index (χ4n) is 6.52. The fraction of sp³-hybridized carbons (Fsp3) is 0.789. The van der Waals surface area contributed by atoms with Crippen molar-refractivity contribution in [2.24, 2.45) is 34.5 Å². The third kappa shape index (κ3) is 1.84. The van der Waals surface area contributed by atoms with Crippen LogP contribution in [0.5, 0.6) is 0 Å². The summed E-state index contributed by atoms with van der Waals surface area (Å²) in [4.78, 5) is 49.1.